The van der Waals surface area contributed by atoms with E-state index >= 15 is 0 Å². The average molecular weight is 308 g/mol. The predicted molar refractivity (Wildman–Crippen MR) is 88.5 cm³/mol. The van der Waals surface area contributed by atoms with E-state index in [1.165, 1.54) is 9.75 Å². The number of H-pyrrole nitrogens is 1. The summed E-state index contributed by atoms with van der Waals surface area (Å²) >= 11 is 1.79. The fraction of sp³-hybridized carbons (Fsp3) is 0.222. The molecule has 110 valence electrons. The maximum atomic E-state index is 12.7. The second kappa shape index (κ2) is 5.21. The average Bonchev–Trinajstić information content (AvgIpc) is 3.14. The third kappa shape index (κ3) is 2.20. The number of aromatic amines is 1. The van der Waals surface area contributed by atoms with Gasteiger partial charge in [0.05, 0.1) is 5.56 Å². The van der Waals surface area contributed by atoms with Crippen LogP contribution in [-0.2, 0) is 6.42 Å². The van der Waals surface area contributed by atoms with Crippen LogP contribution in [0.5, 0.6) is 0 Å². The number of thiophene rings is 1. The highest BCUT2D eigenvalue weighted by atomic mass is 32.1. The van der Waals surface area contributed by atoms with E-state index in [1.807, 2.05) is 30.3 Å². The van der Waals surface area contributed by atoms with Crippen LogP contribution in [0.25, 0.3) is 11.3 Å². The first kappa shape index (κ1) is 13.5. The van der Waals surface area contributed by atoms with Crippen LogP contribution in [0.2, 0.25) is 0 Å². The fourth-order valence-corrected chi connectivity index (χ4v) is 4.13. The number of hydrogen-bond donors (Lipinski definition) is 1. The molecule has 0 radical (unpaired) electrons. The lowest BCUT2D eigenvalue weighted by Crippen LogP contribution is -2.17. The summed E-state index contributed by atoms with van der Waals surface area (Å²) in [5, 5.41) is 7.50. The van der Waals surface area contributed by atoms with Gasteiger partial charge in [0.1, 0.15) is 5.69 Å². The summed E-state index contributed by atoms with van der Waals surface area (Å²) in [5.74, 6) is 0.479. The second-order valence-electron chi connectivity index (χ2n) is 5.77. The molecule has 1 unspecified atom stereocenters. The topological polar surface area (TPSA) is 45.8 Å². The Kier molecular flexibility index (Phi) is 3.19. The maximum absolute atomic E-state index is 12.7. The number of fused-ring (bicyclic) bond motifs is 1. The van der Waals surface area contributed by atoms with Gasteiger partial charge in [0, 0.05) is 33.4 Å². The first-order valence-corrected chi connectivity index (χ1v) is 8.26. The van der Waals surface area contributed by atoms with Crippen LogP contribution >= 0.6 is 11.3 Å². The molecule has 0 bridgehead atoms. The molecule has 1 aliphatic carbocycles. The molecule has 0 saturated carbocycles. The Balaban J connectivity index is 1.72. The monoisotopic (exact) mass is 308 g/mol. The van der Waals surface area contributed by atoms with E-state index in [2.05, 4.69) is 29.3 Å². The zero-order valence-electron chi connectivity index (χ0n) is 12.3. The Bertz CT molecular complexity index is 832. The molecule has 1 aliphatic rings. The Morgan fingerprint density at radius 3 is 2.68 bits per heavy atom. The number of rotatable bonds is 2. The van der Waals surface area contributed by atoms with Crippen molar-refractivity contribution in [3.8, 4) is 11.3 Å². The lowest BCUT2D eigenvalue weighted by atomic mass is 9.84. The van der Waals surface area contributed by atoms with Crippen molar-refractivity contribution in [1.29, 1.82) is 0 Å². The predicted octanol–water partition coefficient (Wildman–Crippen LogP) is 4.36. The van der Waals surface area contributed by atoms with Crippen molar-refractivity contribution in [2.45, 2.75) is 25.7 Å². The van der Waals surface area contributed by atoms with Crippen molar-refractivity contribution in [2.75, 3.05) is 0 Å². The van der Waals surface area contributed by atoms with E-state index in [4.69, 9.17) is 0 Å². The van der Waals surface area contributed by atoms with Crippen molar-refractivity contribution in [1.82, 2.24) is 10.2 Å². The normalized spacial score (nSPS) is 17.5. The van der Waals surface area contributed by atoms with Gasteiger partial charge in [-0.15, -0.1) is 11.3 Å². The Labute approximate surface area is 133 Å². The highest BCUT2D eigenvalue weighted by Gasteiger charge is 2.31. The molecule has 1 aromatic carbocycles. The van der Waals surface area contributed by atoms with Crippen LogP contribution in [-0.4, -0.2) is 16.0 Å². The third-order valence-corrected chi connectivity index (χ3v) is 5.38. The van der Waals surface area contributed by atoms with Crippen LogP contribution in [0.1, 0.15) is 38.1 Å². The molecule has 3 nitrogen and oxygen atoms in total. The third-order valence-electron chi connectivity index (χ3n) is 4.21. The van der Waals surface area contributed by atoms with Gasteiger partial charge in [0.2, 0.25) is 0 Å². The number of Topliss-reactive ketones (excluding diaryl/α,β-unsaturated/α-hetero) is 1. The molecule has 1 N–H and O–H groups in total. The molecule has 22 heavy (non-hydrogen) atoms. The van der Waals surface area contributed by atoms with Gasteiger partial charge in [-0.3, -0.25) is 9.89 Å². The quantitative estimate of drug-likeness (QED) is 0.764. The molecule has 4 rings (SSSR count). The SMILES string of the molecule is Cc1ccc(C2CC(=O)c3c(-c4ccccc4)n[nH]c3C2)s1. The first-order chi connectivity index (χ1) is 10.7. The van der Waals surface area contributed by atoms with Crippen molar-refractivity contribution < 1.29 is 4.79 Å². The molecular weight excluding hydrogens is 292 g/mol. The number of carbonyl (C=O) groups is 1. The molecule has 2 aromatic heterocycles. The molecule has 2 heterocycles. The van der Waals surface area contributed by atoms with Crippen molar-refractivity contribution in [3.63, 3.8) is 0 Å². The number of nitrogens with zero attached hydrogens (tertiary/aromatic N) is 1. The van der Waals surface area contributed by atoms with Crippen molar-refractivity contribution in [3.05, 3.63) is 63.5 Å². The van der Waals surface area contributed by atoms with E-state index in [9.17, 15) is 4.79 Å². The number of aryl methyl sites for hydroxylation is 1. The molecule has 0 aliphatic heterocycles. The van der Waals surface area contributed by atoms with Crippen molar-refractivity contribution in [2.24, 2.45) is 0 Å². The van der Waals surface area contributed by atoms with E-state index in [-0.39, 0.29) is 11.7 Å². The minimum Gasteiger partial charge on any atom is -0.294 e. The summed E-state index contributed by atoms with van der Waals surface area (Å²) in [6.07, 6.45) is 1.44. The van der Waals surface area contributed by atoms with Gasteiger partial charge in [-0.2, -0.15) is 5.10 Å². The van der Waals surface area contributed by atoms with E-state index in [0.29, 0.717) is 6.42 Å². The van der Waals surface area contributed by atoms with Crippen LogP contribution in [0.4, 0.5) is 0 Å². The summed E-state index contributed by atoms with van der Waals surface area (Å²) in [5.41, 5.74) is 3.56. The van der Waals surface area contributed by atoms with Gasteiger partial charge >= 0.3 is 0 Å². The molecule has 1 atom stereocenters. The standard InChI is InChI=1S/C18H16N2OS/c1-11-7-8-16(22-11)13-9-14-17(15(21)10-13)18(20-19-14)12-5-3-2-4-6-12/h2-8,13H,9-10H2,1H3,(H,19,20). The lowest BCUT2D eigenvalue weighted by Gasteiger charge is -2.20. The smallest absolute Gasteiger partial charge is 0.167 e. The first-order valence-electron chi connectivity index (χ1n) is 7.44. The van der Waals surface area contributed by atoms with Gasteiger partial charge in [0.25, 0.3) is 0 Å². The number of aromatic nitrogens is 2. The highest BCUT2D eigenvalue weighted by Crippen LogP contribution is 2.38. The largest absolute Gasteiger partial charge is 0.294 e. The highest BCUT2D eigenvalue weighted by molar-refractivity contribution is 7.12. The number of benzene rings is 1. The summed E-state index contributed by atoms with van der Waals surface area (Å²) in [7, 11) is 0. The Morgan fingerprint density at radius 2 is 1.95 bits per heavy atom. The number of carbonyl (C=O) groups excluding carboxylic acids is 1. The maximum Gasteiger partial charge on any atom is 0.167 e. The molecule has 0 fully saturated rings. The van der Waals surface area contributed by atoms with E-state index < -0.39 is 0 Å². The minimum absolute atomic E-state index is 0.199. The number of ketones is 1. The Hall–Kier alpha value is -2.20. The van der Waals surface area contributed by atoms with Crippen LogP contribution in [0.15, 0.2) is 42.5 Å². The molecular formula is C18H16N2OS. The van der Waals surface area contributed by atoms with E-state index in [0.717, 1.165) is 28.9 Å². The lowest BCUT2D eigenvalue weighted by molar-refractivity contribution is 0.0965. The molecule has 4 heteroatoms. The van der Waals surface area contributed by atoms with Crippen LogP contribution in [0, 0.1) is 6.92 Å². The van der Waals surface area contributed by atoms with E-state index in [1.54, 1.807) is 11.3 Å². The number of nitrogens with one attached hydrogen (secondary N) is 1. The fourth-order valence-electron chi connectivity index (χ4n) is 3.15. The van der Waals surface area contributed by atoms with Gasteiger partial charge in [-0.25, -0.2) is 0 Å². The summed E-state index contributed by atoms with van der Waals surface area (Å²) < 4.78 is 0. The molecule has 0 spiro atoms. The zero-order chi connectivity index (χ0) is 15.1. The number of hydrogen-bond acceptors (Lipinski definition) is 3. The second-order valence-corrected chi connectivity index (χ2v) is 7.09. The van der Waals surface area contributed by atoms with Gasteiger partial charge in [-0.05, 0) is 25.5 Å². The van der Waals surface area contributed by atoms with Gasteiger partial charge in [0.15, 0.2) is 5.78 Å². The van der Waals surface area contributed by atoms with Crippen molar-refractivity contribution >= 4 is 17.1 Å². The molecule has 0 amide bonds. The zero-order valence-corrected chi connectivity index (χ0v) is 13.1. The summed E-state index contributed by atoms with van der Waals surface area (Å²) in [4.78, 5) is 15.3. The molecule has 3 aromatic rings. The van der Waals surface area contributed by atoms with Gasteiger partial charge in [-0.1, -0.05) is 30.3 Å². The van der Waals surface area contributed by atoms with Gasteiger partial charge < -0.3 is 0 Å². The summed E-state index contributed by atoms with van der Waals surface area (Å²) in [6.45, 7) is 2.11. The van der Waals surface area contributed by atoms with Crippen LogP contribution < -0.4 is 0 Å². The minimum atomic E-state index is 0.199. The Morgan fingerprint density at radius 1 is 1.14 bits per heavy atom. The molecule has 0 saturated heterocycles. The summed E-state index contributed by atoms with van der Waals surface area (Å²) in [6, 6.07) is 14.2. The van der Waals surface area contributed by atoms with Crippen LogP contribution in [0.3, 0.4) is 0 Å².